The maximum Gasteiger partial charge on any atom is 0.340 e. The third-order valence-electron chi connectivity index (χ3n) is 6.03. The van der Waals surface area contributed by atoms with E-state index in [0.717, 1.165) is 16.5 Å². The number of halogens is 1. The van der Waals surface area contributed by atoms with E-state index in [0.29, 0.717) is 34.1 Å². The van der Waals surface area contributed by atoms with Gasteiger partial charge in [0.05, 0.1) is 30.3 Å². The second-order valence-electron chi connectivity index (χ2n) is 8.31. The molecule has 0 fully saturated rings. The van der Waals surface area contributed by atoms with Crippen molar-refractivity contribution >= 4 is 33.8 Å². The Labute approximate surface area is 194 Å². The maximum atomic E-state index is 13.4. The molecule has 0 bridgehead atoms. The molecule has 2 aromatic carbocycles. The number of carboxylic acid groups (broad SMARTS) is 1. The number of carbonyl (C=O) groups is 2. The summed E-state index contributed by atoms with van der Waals surface area (Å²) in [5, 5.41) is 15.0. The van der Waals surface area contributed by atoms with Gasteiger partial charge in [0.2, 0.25) is 5.91 Å². The Bertz CT molecular complexity index is 1470. The number of hydrogen-bond donors (Lipinski definition) is 1. The Hall–Kier alpha value is -3.94. The second kappa shape index (κ2) is 9.13. The van der Waals surface area contributed by atoms with E-state index in [1.165, 1.54) is 12.1 Å². The largest absolute Gasteiger partial charge is 0.548 e. The average Bonchev–Trinajstić information content (AvgIpc) is 3.22. The van der Waals surface area contributed by atoms with Gasteiger partial charge in [-0.3, -0.25) is 4.79 Å². The van der Waals surface area contributed by atoms with Crippen LogP contribution in [0.15, 0.2) is 50.2 Å². The van der Waals surface area contributed by atoms with Crippen LogP contribution in [0.4, 0.5) is 4.39 Å². The fourth-order valence-electron chi connectivity index (χ4n) is 4.20. The summed E-state index contributed by atoms with van der Waals surface area (Å²) in [4.78, 5) is 36.5. The monoisotopic (exact) mass is 464 g/mol. The highest BCUT2D eigenvalue weighted by Gasteiger charge is 2.21. The minimum atomic E-state index is -1.37. The first-order valence-corrected chi connectivity index (χ1v) is 10.9. The molecule has 0 aliphatic rings. The van der Waals surface area contributed by atoms with Gasteiger partial charge in [-0.2, -0.15) is 0 Å². The molecule has 1 amide bonds. The number of rotatable bonds is 7. The number of nitrogens with one attached hydrogen (secondary N) is 1. The van der Waals surface area contributed by atoms with Crippen LogP contribution in [0, 0.1) is 19.7 Å². The Kier molecular flexibility index (Phi) is 6.24. The lowest BCUT2D eigenvalue weighted by atomic mass is 9.97. The third-order valence-corrected chi connectivity index (χ3v) is 6.03. The molecule has 7 nitrogen and oxygen atoms in total. The van der Waals surface area contributed by atoms with E-state index in [-0.39, 0.29) is 24.2 Å². The summed E-state index contributed by atoms with van der Waals surface area (Å²) < 4.78 is 24.7. The molecule has 2 heterocycles. The standard InChI is InChI=1S/C26H24FNO6/c1-4-5-21(25(30)31)28-22(29)11-18-13(2)17-10-19-20(15-6-8-16(27)9-7-15)12-33-23(19)14(3)24(17)34-26(18)32/h6-10,12,21H,4-5,11H2,1-3H3,(H,28,29)(H,30,31)/p-1/t21-/m1/s1. The molecule has 8 heteroatoms. The van der Waals surface area contributed by atoms with Gasteiger partial charge >= 0.3 is 5.63 Å². The van der Waals surface area contributed by atoms with Crippen molar-refractivity contribution in [2.45, 2.75) is 46.1 Å². The first kappa shape index (κ1) is 23.2. The number of carbonyl (C=O) groups excluding carboxylic acids is 2. The number of fused-ring (bicyclic) bond motifs is 2. The van der Waals surface area contributed by atoms with Gasteiger partial charge in [-0.05, 0) is 49.6 Å². The van der Waals surface area contributed by atoms with E-state index in [4.69, 9.17) is 8.83 Å². The lowest BCUT2D eigenvalue weighted by molar-refractivity contribution is -0.308. The number of aryl methyl sites for hydroxylation is 2. The minimum Gasteiger partial charge on any atom is -0.548 e. The van der Waals surface area contributed by atoms with Crippen molar-refractivity contribution in [3.05, 3.63) is 69.5 Å². The number of amides is 1. The molecular formula is C26H23FNO6-. The van der Waals surface area contributed by atoms with E-state index in [1.54, 1.807) is 39.2 Å². The molecule has 0 aliphatic heterocycles. The summed E-state index contributed by atoms with van der Waals surface area (Å²) in [5.74, 6) is -2.33. The van der Waals surface area contributed by atoms with Gasteiger partial charge in [0, 0.05) is 21.9 Å². The number of benzene rings is 2. The Morgan fingerprint density at radius 1 is 1.09 bits per heavy atom. The van der Waals surface area contributed by atoms with Crippen molar-refractivity contribution in [2.24, 2.45) is 0 Å². The van der Waals surface area contributed by atoms with Crippen LogP contribution >= 0.6 is 0 Å². The van der Waals surface area contributed by atoms with Gasteiger partial charge in [0.15, 0.2) is 0 Å². The number of carboxylic acids is 1. The fraction of sp³-hybridized carbons (Fsp3) is 0.269. The second-order valence-corrected chi connectivity index (χ2v) is 8.31. The van der Waals surface area contributed by atoms with Crippen LogP contribution in [0.2, 0.25) is 0 Å². The number of aliphatic carboxylic acids is 1. The summed E-state index contributed by atoms with van der Waals surface area (Å²) in [6, 6.07) is 6.72. The van der Waals surface area contributed by atoms with E-state index in [1.807, 2.05) is 6.07 Å². The molecule has 4 aromatic rings. The van der Waals surface area contributed by atoms with Gasteiger partial charge in [-0.15, -0.1) is 0 Å². The van der Waals surface area contributed by atoms with Crippen molar-refractivity contribution in [2.75, 3.05) is 0 Å². The molecule has 0 saturated carbocycles. The van der Waals surface area contributed by atoms with E-state index < -0.39 is 23.5 Å². The SMILES string of the molecule is CCC[C@@H](NC(=O)Cc1c(C)c2cc3c(-c4ccc(F)cc4)coc3c(C)c2oc1=O)C(=O)[O-]. The normalized spacial score (nSPS) is 12.2. The lowest BCUT2D eigenvalue weighted by Crippen LogP contribution is -2.48. The van der Waals surface area contributed by atoms with Crippen molar-refractivity contribution < 1.29 is 27.9 Å². The number of furan rings is 1. The summed E-state index contributed by atoms with van der Waals surface area (Å²) >= 11 is 0. The average molecular weight is 464 g/mol. The molecule has 0 saturated heterocycles. The molecule has 4 rings (SSSR count). The molecular weight excluding hydrogens is 441 g/mol. The van der Waals surface area contributed by atoms with Gasteiger partial charge in [0.1, 0.15) is 17.0 Å². The molecule has 1 atom stereocenters. The van der Waals surface area contributed by atoms with E-state index in [2.05, 4.69) is 5.32 Å². The molecule has 0 aliphatic carbocycles. The van der Waals surface area contributed by atoms with Crippen molar-refractivity contribution in [3.63, 3.8) is 0 Å². The zero-order valence-electron chi connectivity index (χ0n) is 19.0. The Morgan fingerprint density at radius 3 is 2.44 bits per heavy atom. The molecule has 2 aromatic heterocycles. The molecule has 34 heavy (non-hydrogen) atoms. The molecule has 0 spiro atoms. The van der Waals surface area contributed by atoms with Crippen molar-refractivity contribution in [1.82, 2.24) is 5.32 Å². The Balaban J connectivity index is 1.79. The van der Waals surface area contributed by atoms with Crippen LogP contribution in [0.3, 0.4) is 0 Å². The highest BCUT2D eigenvalue weighted by Crippen LogP contribution is 2.37. The van der Waals surface area contributed by atoms with Crippen LogP contribution in [0.5, 0.6) is 0 Å². The quantitative estimate of drug-likeness (QED) is 0.419. The van der Waals surface area contributed by atoms with E-state index >= 15 is 0 Å². The van der Waals surface area contributed by atoms with Crippen molar-refractivity contribution in [3.8, 4) is 11.1 Å². The van der Waals surface area contributed by atoms with Gasteiger partial charge in [-0.1, -0.05) is 25.5 Å². The lowest BCUT2D eigenvalue weighted by Gasteiger charge is -2.19. The first-order valence-electron chi connectivity index (χ1n) is 10.9. The smallest absolute Gasteiger partial charge is 0.340 e. The molecule has 0 radical (unpaired) electrons. The van der Waals surface area contributed by atoms with Gasteiger partial charge < -0.3 is 24.1 Å². The zero-order valence-corrected chi connectivity index (χ0v) is 19.0. The van der Waals surface area contributed by atoms with Crippen LogP contribution in [-0.4, -0.2) is 17.9 Å². The van der Waals surface area contributed by atoms with E-state index in [9.17, 15) is 23.9 Å². The summed E-state index contributed by atoms with van der Waals surface area (Å²) in [6.45, 7) is 5.28. The molecule has 176 valence electrons. The topological polar surface area (TPSA) is 113 Å². The minimum absolute atomic E-state index is 0.143. The number of hydrogen-bond acceptors (Lipinski definition) is 6. The predicted octanol–water partition coefficient (Wildman–Crippen LogP) is 3.54. The first-order chi connectivity index (χ1) is 16.2. The van der Waals surface area contributed by atoms with Crippen LogP contribution in [0.1, 0.15) is 36.5 Å². The van der Waals surface area contributed by atoms with Gasteiger partial charge in [0.25, 0.3) is 0 Å². The molecule has 1 N–H and O–H groups in total. The summed E-state index contributed by atoms with van der Waals surface area (Å²) in [7, 11) is 0. The van der Waals surface area contributed by atoms with Gasteiger partial charge in [-0.25, -0.2) is 9.18 Å². The van der Waals surface area contributed by atoms with Crippen LogP contribution < -0.4 is 16.0 Å². The Morgan fingerprint density at radius 2 is 1.79 bits per heavy atom. The van der Waals surface area contributed by atoms with Crippen LogP contribution in [0.25, 0.3) is 33.1 Å². The highest BCUT2D eigenvalue weighted by molar-refractivity contribution is 6.05. The predicted molar refractivity (Wildman–Crippen MR) is 123 cm³/mol. The van der Waals surface area contributed by atoms with Crippen molar-refractivity contribution in [1.29, 1.82) is 0 Å². The zero-order chi connectivity index (χ0) is 24.6. The van der Waals surface area contributed by atoms with Crippen LogP contribution in [-0.2, 0) is 16.0 Å². The summed E-state index contributed by atoms with van der Waals surface area (Å²) in [5.41, 5.74) is 3.04. The summed E-state index contributed by atoms with van der Waals surface area (Å²) in [6.07, 6.45) is 2.01. The fourth-order valence-corrected chi connectivity index (χ4v) is 4.20. The highest BCUT2D eigenvalue weighted by atomic mass is 19.1. The maximum absolute atomic E-state index is 13.4. The molecule has 0 unspecified atom stereocenters. The third kappa shape index (κ3) is 4.19.